The van der Waals surface area contributed by atoms with E-state index in [0.29, 0.717) is 19.4 Å². The van der Waals surface area contributed by atoms with Crippen LogP contribution in [0, 0.1) is 13.8 Å². The lowest BCUT2D eigenvalue weighted by atomic mass is 10.1. The molecule has 17 heavy (non-hydrogen) atoms. The van der Waals surface area contributed by atoms with Crippen LogP contribution in [-0.2, 0) is 10.0 Å². The molecule has 0 saturated heterocycles. The first kappa shape index (κ1) is 14.0. The Morgan fingerprint density at radius 3 is 2.47 bits per heavy atom. The molecular formula is C12H19NO3S. The van der Waals surface area contributed by atoms with Gasteiger partial charge >= 0.3 is 0 Å². The largest absolute Gasteiger partial charge is 0.494 e. The molecule has 96 valence electrons. The van der Waals surface area contributed by atoms with Crippen LogP contribution in [-0.4, -0.2) is 20.8 Å². The van der Waals surface area contributed by atoms with E-state index < -0.39 is 10.0 Å². The lowest BCUT2D eigenvalue weighted by Gasteiger charge is -2.07. The summed E-state index contributed by atoms with van der Waals surface area (Å²) in [6, 6.07) is 5.91. The smallest absolute Gasteiger partial charge is 0.209 e. The fourth-order valence-corrected chi connectivity index (χ4v) is 2.01. The van der Waals surface area contributed by atoms with Crippen molar-refractivity contribution in [3.63, 3.8) is 0 Å². The zero-order valence-electron chi connectivity index (χ0n) is 10.3. The molecular weight excluding hydrogens is 238 g/mol. The van der Waals surface area contributed by atoms with Gasteiger partial charge in [0.05, 0.1) is 12.4 Å². The first-order chi connectivity index (χ1) is 7.88. The molecule has 0 amide bonds. The van der Waals surface area contributed by atoms with E-state index >= 15 is 0 Å². The van der Waals surface area contributed by atoms with Crippen molar-refractivity contribution in [3.05, 3.63) is 29.3 Å². The number of rotatable bonds is 6. The standard InChI is InChI=1S/C12H19NO3S/c1-10-5-6-12(9-11(10)2)16-7-3-4-8-17(13,14)15/h5-6,9H,3-4,7-8H2,1-2H3,(H2,13,14,15). The zero-order chi connectivity index (χ0) is 12.9. The Kier molecular flexibility index (Phi) is 4.96. The minimum Gasteiger partial charge on any atom is -0.494 e. The van der Waals surface area contributed by atoms with Crippen LogP contribution in [0.2, 0.25) is 0 Å². The average Bonchev–Trinajstić information content (AvgIpc) is 2.21. The second kappa shape index (κ2) is 6.02. The molecule has 0 heterocycles. The number of hydrogen-bond donors (Lipinski definition) is 1. The third-order valence-electron chi connectivity index (χ3n) is 2.57. The Labute approximate surface area is 103 Å². The Balaban J connectivity index is 2.29. The fourth-order valence-electron chi connectivity index (χ4n) is 1.40. The van der Waals surface area contributed by atoms with Gasteiger partial charge in [0.25, 0.3) is 0 Å². The number of benzene rings is 1. The van der Waals surface area contributed by atoms with E-state index in [9.17, 15) is 8.42 Å². The van der Waals surface area contributed by atoms with Gasteiger partial charge in [-0.25, -0.2) is 13.6 Å². The van der Waals surface area contributed by atoms with Gasteiger partial charge in [-0.2, -0.15) is 0 Å². The second-order valence-electron chi connectivity index (χ2n) is 4.17. The molecule has 0 aromatic heterocycles. The van der Waals surface area contributed by atoms with Crippen molar-refractivity contribution in [2.75, 3.05) is 12.4 Å². The molecule has 0 fully saturated rings. The highest BCUT2D eigenvalue weighted by Crippen LogP contribution is 2.16. The van der Waals surface area contributed by atoms with Crippen molar-refractivity contribution < 1.29 is 13.2 Å². The van der Waals surface area contributed by atoms with Gasteiger partial charge in [-0.05, 0) is 49.9 Å². The van der Waals surface area contributed by atoms with Crippen LogP contribution in [0.25, 0.3) is 0 Å². The third kappa shape index (κ3) is 5.70. The van der Waals surface area contributed by atoms with E-state index in [1.807, 2.05) is 32.0 Å². The maximum absolute atomic E-state index is 10.7. The monoisotopic (exact) mass is 257 g/mol. The average molecular weight is 257 g/mol. The van der Waals surface area contributed by atoms with Gasteiger partial charge in [-0.3, -0.25) is 0 Å². The molecule has 0 aliphatic carbocycles. The highest BCUT2D eigenvalue weighted by molar-refractivity contribution is 7.89. The van der Waals surface area contributed by atoms with Crippen molar-refractivity contribution in [3.8, 4) is 5.75 Å². The second-order valence-corrected chi connectivity index (χ2v) is 5.90. The van der Waals surface area contributed by atoms with Crippen LogP contribution < -0.4 is 9.88 Å². The number of sulfonamides is 1. The predicted molar refractivity (Wildman–Crippen MR) is 68.6 cm³/mol. The molecule has 0 bridgehead atoms. The summed E-state index contributed by atoms with van der Waals surface area (Å²) in [7, 11) is -3.34. The summed E-state index contributed by atoms with van der Waals surface area (Å²) >= 11 is 0. The quantitative estimate of drug-likeness (QED) is 0.789. The minimum atomic E-state index is -3.34. The number of unbranched alkanes of at least 4 members (excludes halogenated alkanes) is 1. The third-order valence-corrected chi connectivity index (χ3v) is 3.43. The molecule has 4 nitrogen and oxygen atoms in total. The van der Waals surface area contributed by atoms with Crippen LogP contribution in [0.4, 0.5) is 0 Å². The molecule has 1 aromatic rings. The molecule has 0 saturated carbocycles. The summed E-state index contributed by atoms with van der Waals surface area (Å²) in [5.41, 5.74) is 2.42. The number of ether oxygens (including phenoxy) is 1. The fraction of sp³-hybridized carbons (Fsp3) is 0.500. The van der Waals surface area contributed by atoms with Gasteiger partial charge in [0.2, 0.25) is 10.0 Å². The van der Waals surface area contributed by atoms with Crippen molar-refractivity contribution in [2.45, 2.75) is 26.7 Å². The summed E-state index contributed by atoms with van der Waals surface area (Å²) in [6.07, 6.45) is 1.22. The van der Waals surface area contributed by atoms with Gasteiger partial charge in [0, 0.05) is 0 Å². The van der Waals surface area contributed by atoms with Gasteiger partial charge < -0.3 is 4.74 Å². The minimum absolute atomic E-state index is 0.0171. The Bertz CT molecular complexity index is 469. The summed E-state index contributed by atoms with van der Waals surface area (Å²) in [5, 5.41) is 4.90. The Morgan fingerprint density at radius 1 is 1.18 bits per heavy atom. The summed E-state index contributed by atoms with van der Waals surface area (Å²) in [5.74, 6) is 0.840. The first-order valence-corrected chi connectivity index (χ1v) is 7.30. The molecule has 2 N–H and O–H groups in total. The zero-order valence-corrected chi connectivity index (χ0v) is 11.1. The Morgan fingerprint density at radius 2 is 1.88 bits per heavy atom. The van der Waals surface area contributed by atoms with E-state index in [1.165, 1.54) is 11.1 Å². The number of primary sulfonamides is 1. The van der Waals surface area contributed by atoms with E-state index in [0.717, 1.165) is 5.75 Å². The molecule has 5 heteroatoms. The highest BCUT2D eigenvalue weighted by atomic mass is 32.2. The van der Waals surface area contributed by atoms with Gasteiger partial charge in [0.15, 0.2) is 0 Å². The predicted octanol–water partition coefficient (Wildman–Crippen LogP) is 1.75. The van der Waals surface area contributed by atoms with E-state index in [-0.39, 0.29) is 5.75 Å². The number of hydrogen-bond acceptors (Lipinski definition) is 3. The normalized spacial score (nSPS) is 11.5. The summed E-state index contributed by atoms with van der Waals surface area (Å²) in [6.45, 7) is 4.59. The van der Waals surface area contributed by atoms with E-state index in [1.54, 1.807) is 0 Å². The lowest BCUT2D eigenvalue weighted by molar-refractivity contribution is 0.309. The number of nitrogens with two attached hydrogens (primary N) is 1. The van der Waals surface area contributed by atoms with Crippen LogP contribution in [0.1, 0.15) is 24.0 Å². The van der Waals surface area contributed by atoms with Gasteiger partial charge in [0.1, 0.15) is 5.75 Å². The molecule has 0 aliphatic heterocycles. The molecule has 0 aliphatic rings. The molecule has 1 rings (SSSR count). The maximum atomic E-state index is 10.7. The number of aryl methyl sites for hydroxylation is 2. The molecule has 0 spiro atoms. The highest BCUT2D eigenvalue weighted by Gasteiger charge is 2.02. The van der Waals surface area contributed by atoms with E-state index in [2.05, 4.69) is 0 Å². The SMILES string of the molecule is Cc1ccc(OCCCCS(N)(=O)=O)cc1C. The maximum Gasteiger partial charge on any atom is 0.209 e. The van der Waals surface area contributed by atoms with Crippen molar-refractivity contribution in [2.24, 2.45) is 5.14 Å². The van der Waals surface area contributed by atoms with Crippen LogP contribution in [0.15, 0.2) is 18.2 Å². The van der Waals surface area contributed by atoms with Crippen LogP contribution >= 0.6 is 0 Å². The first-order valence-electron chi connectivity index (χ1n) is 5.59. The van der Waals surface area contributed by atoms with Gasteiger partial charge in [-0.15, -0.1) is 0 Å². The summed E-state index contributed by atoms with van der Waals surface area (Å²) in [4.78, 5) is 0. The lowest BCUT2D eigenvalue weighted by Crippen LogP contribution is -2.16. The van der Waals surface area contributed by atoms with Crippen LogP contribution in [0.3, 0.4) is 0 Å². The molecule has 0 radical (unpaired) electrons. The van der Waals surface area contributed by atoms with Crippen LogP contribution in [0.5, 0.6) is 5.75 Å². The Hall–Kier alpha value is -1.07. The van der Waals surface area contributed by atoms with Crippen molar-refractivity contribution in [1.82, 2.24) is 0 Å². The molecule has 0 atom stereocenters. The molecule has 1 aromatic carbocycles. The topological polar surface area (TPSA) is 69.4 Å². The van der Waals surface area contributed by atoms with Crippen molar-refractivity contribution in [1.29, 1.82) is 0 Å². The van der Waals surface area contributed by atoms with Gasteiger partial charge in [-0.1, -0.05) is 6.07 Å². The van der Waals surface area contributed by atoms with Crippen molar-refractivity contribution >= 4 is 10.0 Å². The van der Waals surface area contributed by atoms with E-state index in [4.69, 9.17) is 9.88 Å². The molecule has 0 unspecified atom stereocenters. The summed E-state index contributed by atoms with van der Waals surface area (Å²) < 4.78 is 26.9.